The largest absolute Gasteiger partial charge is 0.494 e. The van der Waals surface area contributed by atoms with E-state index in [-0.39, 0.29) is 5.91 Å². The van der Waals surface area contributed by atoms with E-state index in [2.05, 4.69) is 4.90 Å². The molecule has 4 aliphatic carbocycles. The topological polar surface area (TPSA) is 49.9 Å². The summed E-state index contributed by atoms with van der Waals surface area (Å²) in [6, 6.07) is 9.74. The van der Waals surface area contributed by atoms with Crippen LogP contribution in [-0.4, -0.2) is 54.4 Å². The molecule has 1 aromatic rings. The van der Waals surface area contributed by atoms with E-state index in [9.17, 15) is 9.59 Å². The monoisotopic (exact) mass is 438 g/mol. The van der Waals surface area contributed by atoms with Crippen molar-refractivity contribution in [2.24, 2.45) is 23.2 Å². The van der Waals surface area contributed by atoms with E-state index in [1.54, 1.807) is 0 Å². The number of ether oxygens (including phenoxy) is 1. The second-order valence-corrected chi connectivity index (χ2v) is 11.0. The molecule has 0 N–H and O–H groups in total. The van der Waals surface area contributed by atoms with Crippen LogP contribution in [0.4, 0.5) is 0 Å². The third-order valence-electron chi connectivity index (χ3n) is 8.44. The van der Waals surface area contributed by atoms with Gasteiger partial charge in [0, 0.05) is 39.0 Å². The maximum atomic E-state index is 13.3. The van der Waals surface area contributed by atoms with Gasteiger partial charge < -0.3 is 14.5 Å². The Hall–Kier alpha value is -2.04. The third kappa shape index (κ3) is 4.97. The molecule has 0 atom stereocenters. The molecule has 5 fully saturated rings. The number of nitrogens with zero attached hydrogens (tertiary/aromatic N) is 2. The van der Waals surface area contributed by atoms with E-state index in [4.69, 9.17) is 4.74 Å². The molecule has 4 saturated carbocycles. The summed E-state index contributed by atoms with van der Waals surface area (Å²) in [6.45, 7) is 3.48. The number of rotatable bonds is 7. The molecule has 6 rings (SSSR count). The lowest BCUT2D eigenvalue weighted by Gasteiger charge is -2.57. The Bertz CT molecular complexity index is 773. The number of para-hydroxylation sites is 1. The SMILES string of the molecule is O=C(CCCOc1ccccc1)N1CCCN(C(=O)CC23CC4CC(CC(C4)C2)C3)CC1. The maximum Gasteiger partial charge on any atom is 0.223 e. The summed E-state index contributed by atoms with van der Waals surface area (Å²) < 4.78 is 5.71. The molecule has 0 radical (unpaired) electrons. The molecule has 174 valence electrons. The van der Waals surface area contributed by atoms with Crippen LogP contribution in [0.25, 0.3) is 0 Å². The van der Waals surface area contributed by atoms with Crippen LogP contribution in [0.1, 0.15) is 64.2 Å². The first-order chi connectivity index (χ1) is 15.6. The summed E-state index contributed by atoms with van der Waals surface area (Å²) in [5, 5.41) is 0. The molecule has 0 unspecified atom stereocenters. The molecular formula is C27H38N2O3. The van der Waals surface area contributed by atoms with Crippen molar-refractivity contribution in [3.05, 3.63) is 30.3 Å². The fourth-order valence-electron chi connectivity index (χ4n) is 7.44. The molecule has 5 heteroatoms. The van der Waals surface area contributed by atoms with E-state index in [1.165, 1.54) is 38.5 Å². The summed E-state index contributed by atoms with van der Waals surface area (Å²) in [5.41, 5.74) is 0.298. The van der Waals surface area contributed by atoms with E-state index >= 15 is 0 Å². The first kappa shape index (κ1) is 21.8. The minimum absolute atomic E-state index is 0.192. The van der Waals surface area contributed by atoms with E-state index < -0.39 is 0 Å². The van der Waals surface area contributed by atoms with Gasteiger partial charge in [0.1, 0.15) is 5.75 Å². The van der Waals surface area contributed by atoms with Crippen molar-refractivity contribution < 1.29 is 14.3 Å². The lowest BCUT2D eigenvalue weighted by atomic mass is 9.49. The Morgan fingerprint density at radius 3 is 2.06 bits per heavy atom. The highest BCUT2D eigenvalue weighted by Gasteiger charge is 2.51. The fourth-order valence-corrected chi connectivity index (χ4v) is 7.44. The van der Waals surface area contributed by atoms with Gasteiger partial charge in [-0.2, -0.15) is 0 Å². The second-order valence-electron chi connectivity index (χ2n) is 11.0. The van der Waals surface area contributed by atoms with Crippen LogP contribution in [0.3, 0.4) is 0 Å². The summed E-state index contributed by atoms with van der Waals surface area (Å²) >= 11 is 0. The van der Waals surface area contributed by atoms with Crippen LogP contribution in [-0.2, 0) is 9.59 Å². The Kier molecular flexibility index (Phi) is 6.43. The van der Waals surface area contributed by atoms with Gasteiger partial charge >= 0.3 is 0 Å². The number of amides is 2. The number of benzene rings is 1. The molecule has 1 saturated heterocycles. The fraction of sp³-hybridized carbons (Fsp3) is 0.704. The van der Waals surface area contributed by atoms with Crippen molar-refractivity contribution in [1.29, 1.82) is 0 Å². The molecule has 5 aliphatic rings. The first-order valence-electron chi connectivity index (χ1n) is 12.8. The molecule has 0 aromatic heterocycles. The van der Waals surface area contributed by atoms with E-state index in [1.807, 2.05) is 35.2 Å². The van der Waals surface area contributed by atoms with Crippen LogP contribution in [0.15, 0.2) is 30.3 Å². The summed E-state index contributed by atoms with van der Waals surface area (Å²) in [5.74, 6) is 4.05. The summed E-state index contributed by atoms with van der Waals surface area (Å²) in [7, 11) is 0. The van der Waals surface area contributed by atoms with Gasteiger partial charge in [0.2, 0.25) is 11.8 Å². The lowest BCUT2D eigenvalue weighted by molar-refractivity contribution is -0.140. The molecule has 4 bridgehead atoms. The van der Waals surface area contributed by atoms with Crippen molar-refractivity contribution >= 4 is 11.8 Å². The Balaban J connectivity index is 1.06. The number of hydrogen-bond acceptors (Lipinski definition) is 3. The molecule has 1 aromatic carbocycles. The van der Waals surface area contributed by atoms with Crippen molar-refractivity contribution in [3.8, 4) is 5.75 Å². The van der Waals surface area contributed by atoms with E-state index in [0.717, 1.165) is 55.9 Å². The number of hydrogen-bond donors (Lipinski definition) is 0. The van der Waals surface area contributed by atoms with Gasteiger partial charge in [0.25, 0.3) is 0 Å². The smallest absolute Gasteiger partial charge is 0.223 e. The normalized spacial score (nSPS) is 31.4. The standard InChI is InChI=1S/C27H38N2O3/c30-25(8-4-13-32-24-6-2-1-3-7-24)28-9-5-10-29(12-11-28)26(31)20-27-17-21-14-22(18-27)16-23(15-21)19-27/h1-3,6-7,21-23H,4-5,8-20H2. The minimum atomic E-state index is 0.192. The lowest BCUT2D eigenvalue weighted by Crippen LogP contribution is -2.48. The highest BCUT2D eigenvalue weighted by atomic mass is 16.5. The van der Waals surface area contributed by atoms with Crippen LogP contribution < -0.4 is 4.74 Å². The number of carbonyl (C=O) groups is 2. The van der Waals surface area contributed by atoms with Crippen molar-refractivity contribution in [1.82, 2.24) is 9.80 Å². The zero-order chi connectivity index (χ0) is 22.0. The summed E-state index contributed by atoms with van der Waals surface area (Å²) in [6.07, 6.45) is 11.0. The third-order valence-corrected chi connectivity index (χ3v) is 8.44. The van der Waals surface area contributed by atoms with Crippen LogP contribution >= 0.6 is 0 Å². The van der Waals surface area contributed by atoms with Gasteiger partial charge in [0.05, 0.1) is 6.61 Å². The predicted octanol–water partition coefficient (Wildman–Crippen LogP) is 4.51. The van der Waals surface area contributed by atoms with Gasteiger partial charge in [0.15, 0.2) is 0 Å². The van der Waals surface area contributed by atoms with Crippen LogP contribution in [0, 0.1) is 23.2 Å². The highest BCUT2D eigenvalue weighted by Crippen LogP contribution is 2.61. The number of carbonyl (C=O) groups excluding carboxylic acids is 2. The van der Waals surface area contributed by atoms with Crippen molar-refractivity contribution in [2.75, 3.05) is 32.8 Å². The first-order valence-corrected chi connectivity index (χ1v) is 12.8. The highest BCUT2D eigenvalue weighted by molar-refractivity contribution is 5.78. The maximum absolute atomic E-state index is 13.3. The molecular weight excluding hydrogens is 400 g/mol. The van der Waals surface area contributed by atoms with Crippen LogP contribution in [0.5, 0.6) is 5.75 Å². The minimum Gasteiger partial charge on any atom is -0.494 e. The average molecular weight is 439 g/mol. The molecule has 1 heterocycles. The molecule has 32 heavy (non-hydrogen) atoms. The van der Waals surface area contributed by atoms with E-state index in [0.29, 0.717) is 37.4 Å². The molecule has 2 amide bonds. The quantitative estimate of drug-likeness (QED) is 0.589. The zero-order valence-corrected chi connectivity index (χ0v) is 19.3. The van der Waals surface area contributed by atoms with Gasteiger partial charge in [-0.1, -0.05) is 18.2 Å². The van der Waals surface area contributed by atoms with Gasteiger partial charge in [-0.3, -0.25) is 9.59 Å². The summed E-state index contributed by atoms with van der Waals surface area (Å²) in [4.78, 5) is 30.0. The Morgan fingerprint density at radius 1 is 0.844 bits per heavy atom. The molecule has 5 nitrogen and oxygen atoms in total. The van der Waals surface area contributed by atoms with Crippen molar-refractivity contribution in [3.63, 3.8) is 0 Å². The van der Waals surface area contributed by atoms with Gasteiger partial charge in [-0.15, -0.1) is 0 Å². The molecule has 0 spiro atoms. The molecule has 1 aliphatic heterocycles. The van der Waals surface area contributed by atoms with Gasteiger partial charge in [-0.25, -0.2) is 0 Å². The Morgan fingerprint density at radius 2 is 1.44 bits per heavy atom. The Labute approximate surface area is 192 Å². The van der Waals surface area contributed by atoms with Crippen molar-refractivity contribution in [2.45, 2.75) is 64.2 Å². The van der Waals surface area contributed by atoms with Gasteiger partial charge in [-0.05, 0) is 86.7 Å². The second kappa shape index (κ2) is 9.44. The predicted molar refractivity (Wildman–Crippen MR) is 124 cm³/mol. The zero-order valence-electron chi connectivity index (χ0n) is 19.3. The van der Waals surface area contributed by atoms with Crippen LogP contribution in [0.2, 0.25) is 0 Å². The average Bonchev–Trinajstić information content (AvgIpc) is 3.03.